The lowest BCUT2D eigenvalue weighted by Gasteiger charge is -2.35. The fourth-order valence-electron chi connectivity index (χ4n) is 3.13. The van der Waals surface area contributed by atoms with E-state index in [1.54, 1.807) is 0 Å². The van der Waals surface area contributed by atoms with Gasteiger partial charge in [-0.1, -0.05) is 42.6 Å². The van der Waals surface area contributed by atoms with Crippen molar-refractivity contribution in [3.8, 4) is 0 Å². The zero-order valence-corrected chi connectivity index (χ0v) is 12.9. The van der Waals surface area contributed by atoms with Crippen LogP contribution in [-0.4, -0.2) is 24.5 Å². The van der Waals surface area contributed by atoms with Gasteiger partial charge in [-0.25, -0.2) is 0 Å². The molecule has 19 heavy (non-hydrogen) atoms. The molecule has 2 N–H and O–H groups in total. The first kappa shape index (κ1) is 15.1. The van der Waals surface area contributed by atoms with Crippen LogP contribution in [0.4, 0.5) is 0 Å². The Balaban J connectivity index is 2.45. The number of likely N-dealkylation sites (tertiary alicyclic amines) is 1. The van der Waals surface area contributed by atoms with Crippen LogP contribution in [0.15, 0.2) is 18.2 Å². The topological polar surface area (TPSA) is 29.3 Å². The highest BCUT2D eigenvalue weighted by Gasteiger charge is 2.32. The van der Waals surface area contributed by atoms with E-state index in [1.807, 2.05) is 18.2 Å². The first-order valence-corrected chi connectivity index (χ1v) is 7.82. The second-order valence-electron chi connectivity index (χ2n) is 5.20. The Morgan fingerprint density at radius 2 is 1.95 bits per heavy atom. The minimum absolute atomic E-state index is 0.249. The molecule has 0 spiro atoms. The molecular formula is C15H22Cl2N2. The number of hydrogen-bond acceptors (Lipinski definition) is 2. The first-order chi connectivity index (χ1) is 9.19. The molecule has 0 radical (unpaired) electrons. The molecule has 2 atom stereocenters. The number of halogens is 2. The Bertz CT molecular complexity index is 388. The third-order valence-electron chi connectivity index (χ3n) is 4.11. The van der Waals surface area contributed by atoms with Gasteiger partial charge in [0.1, 0.15) is 0 Å². The quantitative estimate of drug-likeness (QED) is 0.910. The summed E-state index contributed by atoms with van der Waals surface area (Å²) in [6.45, 7) is 4.97. The molecular weight excluding hydrogens is 279 g/mol. The van der Waals surface area contributed by atoms with Gasteiger partial charge in [-0.15, -0.1) is 0 Å². The van der Waals surface area contributed by atoms with Gasteiger partial charge in [-0.3, -0.25) is 4.90 Å². The number of nitrogens with two attached hydrogens (primary N) is 1. The summed E-state index contributed by atoms with van der Waals surface area (Å²) in [6, 6.07) is 6.00. The molecule has 106 valence electrons. The summed E-state index contributed by atoms with van der Waals surface area (Å²) in [5.41, 5.74) is 7.06. The van der Waals surface area contributed by atoms with Gasteiger partial charge in [0.2, 0.25) is 0 Å². The molecule has 2 rings (SSSR count). The van der Waals surface area contributed by atoms with Crippen molar-refractivity contribution in [2.45, 2.75) is 32.2 Å². The number of benzene rings is 1. The SMILES string of the molecule is CCN1CCCCC(CN)C1c1c(Cl)cccc1Cl. The molecule has 2 nitrogen and oxygen atoms in total. The smallest absolute Gasteiger partial charge is 0.0468 e. The van der Waals surface area contributed by atoms with Crippen LogP contribution in [0.3, 0.4) is 0 Å². The molecule has 0 amide bonds. The summed E-state index contributed by atoms with van der Waals surface area (Å²) in [7, 11) is 0. The zero-order valence-electron chi connectivity index (χ0n) is 11.4. The van der Waals surface area contributed by atoms with Crippen LogP contribution in [0.5, 0.6) is 0 Å². The molecule has 1 aromatic rings. The zero-order chi connectivity index (χ0) is 13.8. The Labute approximate surface area is 125 Å². The van der Waals surface area contributed by atoms with Crippen LogP contribution in [0, 0.1) is 5.92 Å². The van der Waals surface area contributed by atoms with Crippen molar-refractivity contribution in [2.75, 3.05) is 19.6 Å². The van der Waals surface area contributed by atoms with Gasteiger partial charge in [-0.05, 0) is 50.5 Å². The third-order valence-corrected chi connectivity index (χ3v) is 4.77. The molecule has 1 aliphatic heterocycles. The Kier molecular flexibility index (Phi) is 5.52. The van der Waals surface area contributed by atoms with Crippen LogP contribution in [-0.2, 0) is 0 Å². The van der Waals surface area contributed by atoms with Gasteiger partial charge in [0, 0.05) is 21.7 Å². The molecule has 1 saturated heterocycles. The van der Waals surface area contributed by atoms with E-state index >= 15 is 0 Å². The second kappa shape index (κ2) is 6.94. The maximum atomic E-state index is 6.41. The molecule has 0 aromatic heterocycles. The average Bonchev–Trinajstić information content (AvgIpc) is 2.60. The maximum absolute atomic E-state index is 6.41. The van der Waals surface area contributed by atoms with Crippen molar-refractivity contribution in [2.24, 2.45) is 11.7 Å². The van der Waals surface area contributed by atoms with E-state index < -0.39 is 0 Å². The van der Waals surface area contributed by atoms with E-state index in [9.17, 15) is 0 Å². The van der Waals surface area contributed by atoms with E-state index in [4.69, 9.17) is 28.9 Å². The lowest BCUT2D eigenvalue weighted by Crippen LogP contribution is -2.36. The summed E-state index contributed by atoms with van der Waals surface area (Å²) in [5, 5.41) is 1.52. The summed E-state index contributed by atoms with van der Waals surface area (Å²) < 4.78 is 0. The third kappa shape index (κ3) is 3.25. The fourth-order valence-corrected chi connectivity index (χ4v) is 3.75. The number of hydrogen-bond donors (Lipinski definition) is 1. The second-order valence-corrected chi connectivity index (χ2v) is 6.01. The van der Waals surface area contributed by atoms with Crippen molar-refractivity contribution in [1.82, 2.24) is 4.90 Å². The van der Waals surface area contributed by atoms with Crippen molar-refractivity contribution in [3.63, 3.8) is 0 Å². The highest BCUT2D eigenvalue weighted by molar-refractivity contribution is 6.36. The molecule has 1 aliphatic rings. The van der Waals surface area contributed by atoms with E-state index in [1.165, 1.54) is 12.8 Å². The molecule has 1 aromatic carbocycles. The predicted molar refractivity (Wildman–Crippen MR) is 82.8 cm³/mol. The fraction of sp³-hybridized carbons (Fsp3) is 0.600. The van der Waals surface area contributed by atoms with Crippen LogP contribution in [0.1, 0.15) is 37.8 Å². The van der Waals surface area contributed by atoms with Crippen molar-refractivity contribution >= 4 is 23.2 Å². The van der Waals surface area contributed by atoms with E-state index in [0.717, 1.165) is 35.1 Å². The van der Waals surface area contributed by atoms with Crippen LogP contribution in [0.25, 0.3) is 0 Å². The van der Waals surface area contributed by atoms with E-state index in [2.05, 4.69) is 11.8 Å². The lowest BCUT2D eigenvalue weighted by molar-refractivity contribution is 0.167. The maximum Gasteiger partial charge on any atom is 0.0468 e. The Hall–Kier alpha value is -0.280. The van der Waals surface area contributed by atoms with Gasteiger partial charge in [-0.2, -0.15) is 0 Å². The standard InChI is InChI=1S/C15H22Cl2N2/c1-2-19-9-4-3-6-11(10-18)15(19)14-12(16)7-5-8-13(14)17/h5,7-8,11,15H,2-4,6,9-10,18H2,1H3. The van der Waals surface area contributed by atoms with Crippen molar-refractivity contribution in [1.29, 1.82) is 0 Å². The predicted octanol–water partition coefficient (Wildman–Crippen LogP) is 4.12. The summed E-state index contributed by atoms with van der Waals surface area (Å²) in [6.07, 6.45) is 3.61. The highest BCUT2D eigenvalue weighted by Crippen LogP contribution is 2.41. The minimum atomic E-state index is 0.249. The summed E-state index contributed by atoms with van der Waals surface area (Å²) in [4.78, 5) is 2.47. The monoisotopic (exact) mass is 300 g/mol. The van der Waals surface area contributed by atoms with Gasteiger partial charge in [0.15, 0.2) is 0 Å². The molecule has 1 heterocycles. The van der Waals surface area contributed by atoms with Crippen LogP contribution < -0.4 is 5.73 Å². The molecule has 1 fully saturated rings. The Morgan fingerprint density at radius 3 is 2.53 bits per heavy atom. The molecule has 4 heteroatoms. The molecule has 0 aliphatic carbocycles. The summed E-state index contributed by atoms with van der Waals surface area (Å²) in [5.74, 6) is 0.430. The van der Waals surface area contributed by atoms with Crippen LogP contribution >= 0.6 is 23.2 Å². The van der Waals surface area contributed by atoms with Gasteiger partial charge < -0.3 is 5.73 Å². The molecule has 2 unspecified atom stereocenters. The normalized spacial score (nSPS) is 25.3. The van der Waals surface area contributed by atoms with E-state index in [0.29, 0.717) is 12.5 Å². The average molecular weight is 301 g/mol. The van der Waals surface area contributed by atoms with Gasteiger partial charge in [0.05, 0.1) is 0 Å². The summed E-state index contributed by atoms with van der Waals surface area (Å²) >= 11 is 12.8. The highest BCUT2D eigenvalue weighted by atomic mass is 35.5. The number of rotatable bonds is 3. The van der Waals surface area contributed by atoms with Gasteiger partial charge in [0.25, 0.3) is 0 Å². The van der Waals surface area contributed by atoms with Crippen molar-refractivity contribution < 1.29 is 0 Å². The molecule has 0 bridgehead atoms. The lowest BCUT2D eigenvalue weighted by atomic mass is 9.89. The minimum Gasteiger partial charge on any atom is -0.330 e. The van der Waals surface area contributed by atoms with Gasteiger partial charge >= 0.3 is 0 Å². The van der Waals surface area contributed by atoms with Crippen molar-refractivity contribution in [3.05, 3.63) is 33.8 Å². The first-order valence-electron chi connectivity index (χ1n) is 7.07. The van der Waals surface area contributed by atoms with E-state index in [-0.39, 0.29) is 6.04 Å². The molecule has 0 saturated carbocycles. The number of nitrogens with zero attached hydrogens (tertiary/aromatic N) is 1. The largest absolute Gasteiger partial charge is 0.330 e. The van der Waals surface area contributed by atoms with Crippen LogP contribution in [0.2, 0.25) is 10.0 Å². The Morgan fingerprint density at radius 1 is 1.26 bits per heavy atom.